The zero-order valence-electron chi connectivity index (χ0n) is 14.5. The van der Waals surface area contributed by atoms with Gasteiger partial charge in [0.2, 0.25) is 17.7 Å². The maximum atomic E-state index is 12.7. The molecule has 1 atom stereocenters. The number of amides is 1. The normalized spacial score (nSPS) is 25.5. The van der Waals surface area contributed by atoms with Gasteiger partial charge in [-0.3, -0.25) is 9.69 Å². The first kappa shape index (κ1) is 16.0. The van der Waals surface area contributed by atoms with E-state index >= 15 is 0 Å². The van der Waals surface area contributed by atoms with Crippen LogP contribution in [-0.4, -0.2) is 63.7 Å². The summed E-state index contributed by atoms with van der Waals surface area (Å²) in [6, 6.07) is 0.783. The number of nitrogens with zero attached hydrogens (tertiary/aromatic N) is 4. The molecule has 3 fully saturated rings. The van der Waals surface area contributed by atoms with Crippen LogP contribution in [-0.2, 0) is 16.1 Å². The Balaban J connectivity index is 1.22. The van der Waals surface area contributed by atoms with Gasteiger partial charge in [0, 0.05) is 25.0 Å². The van der Waals surface area contributed by atoms with E-state index in [0.29, 0.717) is 43.4 Å². The van der Waals surface area contributed by atoms with Crippen molar-refractivity contribution >= 4 is 5.91 Å². The lowest BCUT2D eigenvalue weighted by Crippen LogP contribution is -2.59. The monoisotopic (exact) mass is 334 g/mol. The van der Waals surface area contributed by atoms with Crippen LogP contribution in [0, 0.1) is 0 Å². The second-order valence-electron chi connectivity index (χ2n) is 7.49. The van der Waals surface area contributed by atoms with E-state index in [2.05, 4.69) is 15.1 Å². The average Bonchev–Trinajstić information content (AvgIpc) is 3.06. The van der Waals surface area contributed by atoms with E-state index in [1.54, 1.807) is 0 Å². The van der Waals surface area contributed by atoms with Crippen molar-refractivity contribution in [2.24, 2.45) is 0 Å². The fraction of sp³-hybridized carbons (Fsp3) is 0.824. The van der Waals surface area contributed by atoms with E-state index < -0.39 is 0 Å². The molecule has 7 nitrogen and oxygen atoms in total. The summed E-state index contributed by atoms with van der Waals surface area (Å²) in [5, 5.41) is 7.99. The first-order chi connectivity index (χ1) is 11.6. The lowest BCUT2D eigenvalue weighted by Gasteiger charge is -2.41. The van der Waals surface area contributed by atoms with E-state index in [9.17, 15) is 4.79 Å². The number of aromatic nitrogens is 2. The fourth-order valence-electron chi connectivity index (χ4n) is 3.58. The van der Waals surface area contributed by atoms with E-state index in [4.69, 9.17) is 9.15 Å². The van der Waals surface area contributed by atoms with Gasteiger partial charge >= 0.3 is 0 Å². The number of hydrogen-bond donors (Lipinski definition) is 0. The molecule has 1 aromatic heterocycles. The number of ether oxygens (including phenoxy) is 1. The minimum atomic E-state index is 0.0825. The SMILES string of the molecule is CC(C)c1nnc(COC2CN(C(=O)C3CCCN3C3CC3)C2)o1. The van der Waals surface area contributed by atoms with Crippen LogP contribution in [0.25, 0.3) is 0 Å². The third kappa shape index (κ3) is 3.19. The predicted molar refractivity (Wildman–Crippen MR) is 86.3 cm³/mol. The molecule has 132 valence electrons. The van der Waals surface area contributed by atoms with Gasteiger partial charge in [-0.15, -0.1) is 10.2 Å². The zero-order valence-corrected chi connectivity index (χ0v) is 14.5. The molecule has 3 heterocycles. The van der Waals surface area contributed by atoms with Gasteiger partial charge in [0.1, 0.15) is 6.61 Å². The predicted octanol–water partition coefficient (Wildman–Crippen LogP) is 1.55. The summed E-state index contributed by atoms with van der Waals surface area (Å²) in [6.07, 6.45) is 4.77. The topological polar surface area (TPSA) is 71.7 Å². The van der Waals surface area contributed by atoms with E-state index in [-0.39, 0.29) is 18.1 Å². The average molecular weight is 334 g/mol. The standard InChI is InChI=1S/C17H26N4O3/c1-11(2)16-19-18-15(24-16)10-23-13-8-20(9-13)17(22)14-4-3-7-21(14)12-5-6-12/h11-14H,3-10H2,1-2H3. The van der Waals surface area contributed by atoms with Crippen molar-refractivity contribution < 1.29 is 13.9 Å². The van der Waals surface area contributed by atoms with Gasteiger partial charge in [0.15, 0.2) is 0 Å². The second-order valence-corrected chi connectivity index (χ2v) is 7.49. The van der Waals surface area contributed by atoms with Crippen LogP contribution >= 0.6 is 0 Å². The van der Waals surface area contributed by atoms with Crippen LogP contribution < -0.4 is 0 Å². The van der Waals surface area contributed by atoms with Crippen LogP contribution in [0.4, 0.5) is 0 Å². The Morgan fingerprint density at radius 2 is 2.08 bits per heavy atom. The molecular formula is C17H26N4O3. The van der Waals surface area contributed by atoms with Crippen LogP contribution in [0.1, 0.15) is 57.2 Å². The van der Waals surface area contributed by atoms with E-state index in [1.165, 1.54) is 12.8 Å². The number of likely N-dealkylation sites (tertiary alicyclic amines) is 2. The summed E-state index contributed by atoms with van der Waals surface area (Å²) >= 11 is 0. The highest BCUT2D eigenvalue weighted by Gasteiger charge is 2.44. The highest BCUT2D eigenvalue weighted by molar-refractivity contribution is 5.83. The highest BCUT2D eigenvalue weighted by atomic mass is 16.5. The molecule has 0 N–H and O–H groups in total. The summed E-state index contributed by atoms with van der Waals surface area (Å²) in [5.74, 6) is 1.67. The Morgan fingerprint density at radius 1 is 1.29 bits per heavy atom. The third-order valence-corrected chi connectivity index (χ3v) is 5.17. The second kappa shape index (κ2) is 6.44. The maximum absolute atomic E-state index is 12.7. The van der Waals surface area contributed by atoms with Crippen LogP contribution in [0.15, 0.2) is 4.42 Å². The van der Waals surface area contributed by atoms with Gasteiger partial charge in [-0.25, -0.2) is 0 Å². The van der Waals surface area contributed by atoms with E-state index in [0.717, 1.165) is 19.4 Å². The van der Waals surface area contributed by atoms with Crippen LogP contribution in [0.5, 0.6) is 0 Å². The number of rotatable bonds is 6. The molecule has 2 saturated heterocycles. The first-order valence-corrected chi connectivity index (χ1v) is 9.10. The van der Waals surface area contributed by atoms with Gasteiger partial charge in [-0.2, -0.15) is 0 Å². The smallest absolute Gasteiger partial charge is 0.242 e. The quantitative estimate of drug-likeness (QED) is 0.786. The number of hydrogen-bond acceptors (Lipinski definition) is 6. The Hall–Kier alpha value is -1.47. The fourth-order valence-corrected chi connectivity index (χ4v) is 3.58. The first-order valence-electron chi connectivity index (χ1n) is 9.10. The lowest BCUT2D eigenvalue weighted by molar-refractivity contribution is -0.151. The van der Waals surface area contributed by atoms with Crippen molar-refractivity contribution in [3.05, 3.63) is 11.8 Å². The largest absolute Gasteiger partial charge is 0.422 e. The highest BCUT2D eigenvalue weighted by Crippen LogP contribution is 2.34. The Morgan fingerprint density at radius 3 is 2.75 bits per heavy atom. The molecule has 7 heteroatoms. The molecule has 3 aliphatic rings. The van der Waals surface area contributed by atoms with Crippen molar-refractivity contribution in [3.8, 4) is 0 Å². The minimum absolute atomic E-state index is 0.0825. The summed E-state index contributed by atoms with van der Waals surface area (Å²) in [7, 11) is 0. The summed E-state index contributed by atoms with van der Waals surface area (Å²) < 4.78 is 11.3. The van der Waals surface area contributed by atoms with Gasteiger partial charge < -0.3 is 14.1 Å². The molecule has 1 unspecified atom stereocenters. The molecule has 1 saturated carbocycles. The molecule has 0 spiro atoms. The number of carbonyl (C=O) groups excluding carboxylic acids is 1. The Kier molecular flexibility index (Phi) is 4.30. The molecule has 0 radical (unpaired) electrons. The van der Waals surface area contributed by atoms with Gasteiger partial charge in [0.25, 0.3) is 0 Å². The van der Waals surface area contributed by atoms with Crippen molar-refractivity contribution in [2.45, 2.75) is 70.2 Å². The van der Waals surface area contributed by atoms with Gasteiger partial charge in [-0.05, 0) is 32.2 Å². The van der Waals surface area contributed by atoms with Crippen molar-refractivity contribution in [1.82, 2.24) is 20.0 Å². The molecule has 1 amide bonds. The van der Waals surface area contributed by atoms with E-state index in [1.807, 2.05) is 18.7 Å². The molecular weight excluding hydrogens is 308 g/mol. The molecule has 24 heavy (non-hydrogen) atoms. The Labute approximate surface area is 142 Å². The zero-order chi connectivity index (χ0) is 16.7. The van der Waals surface area contributed by atoms with Crippen LogP contribution in [0.3, 0.4) is 0 Å². The number of carbonyl (C=O) groups is 1. The molecule has 0 aromatic carbocycles. The van der Waals surface area contributed by atoms with Crippen LogP contribution in [0.2, 0.25) is 0 Å². The third-order valence-electron chi connectivity index (χ3n) is 5.17. The van der Waals surface area contributed by atoms with Gasteiger partial charge in [-0.1, -0.05) is 13.8 Å². The molecule has 0 bridgehead atoms. The maximum Gasteiger partial charge on any atom is 0.242 e. The summed E-state index contributed by atoms with van der Waals surface area (Å²) in [5.41, 5.74) is 0. The van der Waals surface area contributed by atoms with Crippen molar-refractivity contribution in [2.75, 3.05) is 19.6 Å². The lowest BCUT2D eigenvalue weighted by atomic mass is 10.1. The van der Waals surface area contributed by atoms with Gasteiger partial charge in [0.05, 0.1) is 12.1 Å². The van der Waals surface area contributed by atoms with Crippen molar-refractivity contribution in [1.29, 1.82) is 0 Å². The molecule has 2 aliphatic heterocycles. The molecule has 1 aromatic rings. The summed E-state index contributed by atoms with van der Waals surface area (Å²) in [4.78, 5) is 17.0. The molecule has 1 aliphatic carbocycles. The molecule has 4 rings (SSSR count). The minimum Gasteiger partial charge on any atom is -0.422 e. The van der Waals surface area contributed by atoms with Crippen molar-refractivity contribution in [3.63, 3.8) is 0 Å². The summed E-state index contributed by atoms with van der Waals surface area (Å²) in [6.45, 7) is 6.80. The Bertz CT molecular complexity index is 592.